The first-order valence-corrected chi connectivity index (χ1v) is 6.66. The van der Waals surface area contributed by atoms with E-state index in [0.717, 1.165) is 15.8 Å². The third-order valence-electron chi connectivity index (χ3n) is 2.52. The van der Waals surface area contributed by atoms with E-state index in [1.807, 2.05) is 18.2 Å². The van der Waals surface area contributed by atoms with Crippen LogP contribution >= 0.6 is 15.9 Å². The Kier molecular flexibility index (Phi) is 6.75. The Morgan fingerprint density at radius 1 is 1.50 bits per heavy atom. The fourth-order valence-electron chi connectivity index (χ4n) is 1.61. The maximum atomic E-state index is 11.4. The first-order chi connectivity index (χ1) is 8.67. The second-order valence-electron chi connectivity index (χ2n) is 3.88. The second kappa shape index (κ2) is 8.11. The van der Waals surface area contributed by atoms with Crippen LogP contribution in [0.4, 0.5) is 0 Å². The fourth-order valence-corrected chi connectivity index (χ4v) is 2.02. The lowest BCUT2D eigenvalue weighted by Crippen LogP contribution is -2.25. The monoisotopic (exact) mass is 315 g/mol. The van der Waals surface area contributed by atoms with Crippen LogP contribution in [0.15, 0.2) is 22.7 Å². The van der Waals surface area contributed by atoms with Crippen LogP contribution in [0.5, 0.6) is 5.75 Å². The van der Waals surface area contributed by atoms with Crippen molar-refractivity contribution in [2.75, 3.05) is 20.3 Å². The zero-order valence-corrected chi connectivity index (χ0v) is 12.0. The summed E-state index contributed by atoms with van der Waals surface area (Å²) < 4.78 is 6.25. The second-order valence-corrected chi connectivity index (χ2v) is 4.80. The molecule has 1 aromatic carbocycles. The molecule has 0 unspecified atom stereocenters. The number of rotatable bonds is 7. The lowest BCUT2D eigenvalue weighted by atomic mass is 10.1. The van der Waals surface area contributed by atoms with Gasteiger partial charge >= 0.3 is 0 Å². The number of ether oxygens (including phenoxy) is 1. The highest BCUT2D eigenvalue weighted by atomic mass is 79.9. The van der Waals surface area contributed by atoms with Crippen LogP contribution in [0.2, 0.25) is 0 Å². The van der Waals surface area contributed by atoms with Crippen molar-refractivity contribution in [3.63, 3.8) is 0 Å². The number of amides is 1. The maximum Gasteiger partial charge on any atom is 0.220 e. The third kappa shape index (κ3) is 5.06. The molecule has 0 aliphatic rings. The quantitative estimate of drug-likeness (QED) is 0.808. The molecular weight excluding hydrogens is 298 g/mol. The normalized spacial score (nSPS) is 10.2. The highest BCUT2D eigenvalue weighted by Crippen LogP contribution is 2.23. The molecule has 0 aliphatic heterocycles. The Labute approximate surface area is 115 Å². The topological polar surface area (TPSA) is 58.6 Å². The van der Waals surface area contributed by atoms with E-state index >= 15 is 0 Å². The van der Waals surface area contributed by atoms with Gasteiger partial charge in [-0.2, -0.15) is 0 Å². The minimum Gasteiger partial charge on any atom is -0.496 e. The predicted molar refractivity (Wildman–Crippen MR) is 73.7 cm³/mol. The molecule has 1 amide bonds. The van der Waals surface area contributed by atoms with E-state index in [9.17, 15) is 4.79 Å². The van der Waals surface area contributed by atoms with Gasteiger partial charge < -0.3 is 15.2 Å². The number of aliphatic hydroxyl groups is 1. The van der Waals surface area contributed by atoms with Gasteiger partial charge in [0.2, 0.25) is 5.91 Å². The van der Waals surface area contributed by atoms with Crippen LogP contribution in [-0.2, 0) is 11.2 Å². The standard InChI is InChI=1S/C13H18BrNO3/c1-18-12-5-4-11(14)9-10(12)6-7-15-13(17)3-2-8-16/h4-5,9,16H,2-3,6-8H2,1H3,(H,15,17). The number of methoxy groups -OCH3 is 1. The van der Waals surface area contributed by atoms with Crippen LogP contribution in [0, 0.1) is 0 Å². The number of hydrogen-bond acceptors (Lipinski definition) is 3. The van der Waals surface area contributed by atoms with E-state index in [4.69, 9.17) is 9.84 Å². The van der Waals surface area contributed by atoms with Gasteiger partial charge in [0.1, 0.15) is 5.75 Å². The summed E-state index contributed by atoms with van der Waals surface area (Å²) in [6.07, 6.45) is 1.59. The van der Waals surface area contributed by atoms with Gasteiger partial charge in [0.05, 0.1) is 7.11 Å². The van der Waals surface area contributed by atoms with Gasteiger partial charge in [-0.1, -0.05) is 15.9 Å². The average molecular weight is 316 g/mol. The number of hydrogen-bond donors (Lipinski definition) is 2. The van der Waals surface area contributed by atoms with Crippen LogP contribution < -0.4 is 10.1 Å². The molecule has 1 rings (SSSR count). The molecule has 2 N–H and O–H groups in total. The molecule has 0 radical (unpaired) electrons. The molecule has 0 spiro atoms. The molecule has 0 heterocycles. The Bertz CT molecular complexity index is 396. The SMILES string of the molecule is COc1ccc(Br)cc1CCNC(=O)CCCO. The number of carbonyl (C=O) groups is 1. The van der Waals surface area contributed by atoms with Gasteiger partial charge in [0, 0.05) is 24.0 Å². The minimum atomic E-state index is -0.0296. The molecule has 100 valence electrons. The molecular formula is C13H18BrNO3. The van der Waals surface area contributed by atoms with Crippen LogP contribution in [0.1, 0.15) is 18.4 Å². The lowest BCUT2D eigenvalue weighted by molar-refractivity contribution is -0.121. The number of nitrogens with one attached hydrogen (secondary N) is 1. The van der Waals surface area contributed by atoms with Gasteiger partial charge in [0.25, 0.3) is 0 Å². The summed E-state index contributed by atoms with van der Waals surface area (Å²) >= 11 is 3.41. The number of aliphatic hydroxyl groups excluding tert-OH is 1. The number of benzene rings is 1. The number of halogens is 1. The van der Waals surface area contributed by atoms with E-state index < -0.39 is 0 Å². The summed E-state index contributed by atoms with van der Waals surface area (Å²) in [6, 6.07) is 5.80. The van der Waals surface area contributed by atoms with Crippen molar-refractivity contribution in [3.8, 4) is 5.75 Å². The smallest absolute Gasteiger partial charge is 0.220 e. The highest BCUT2D eigenvalue weighted by Gasteiger charge is 2.05. The first-order valence-electron chi connectivity index (χ1n) is 5.87. The molecule has 0 atom stereocenters. The van der Waals surface area contributed by atoms with E-state index in [-0.39, 0.29) is 12.5 Å². The molecule has 0 aliphatic carbocycles. The summed E-state index contributed by atoms with van der Waals surface area (Å²) in [5.41, 5.74) is 1.05. The van der Waals surface area contributed by atoms with Crippen molar-refractivity contribution in [2.24, 2.45) is 0 Å². The summed E-state index contributed by atoms with van der Waals surface area (Å²) in [6.45, 7) is 0.615. The maximum absolute atomic E-state index is 11.4. The van der Waals surface area contributed by atoms with Crippen LogP contribution in [0.3, 0.4) is 0 Å². The molecule has 0 bridgehead atoms. The Morgan fingerprint density at radius 3 is 2.94 bits per heavy atom. The summed E-state index contributed by atoms with van der Waals surface area (Å²) in [5, 5.41) is 11.4. The molecule has 0 aromatic heterocycles. The van der Waals surface area contributed by atoms with Crippen molar-refractivity contribution in [1.29, 1.82) is 0 Å². The number of carbonyl (C=O) groups excluding carboxylic acids is 1. The van der Waals surface area contributed by atoms with Gasteiger partial charge in [-0.15, -0.1) is 0 Å². The highest BCUT2D eigenvalue weighted by molar-refractivity contribution is 9.10. The molecule has 0 saturated heterocycles. The van der Waals surface area contributed by atoms with Gasteiger partial charge in [-0.05, 0) is 36.6 Å². The van der Waals surface area contributed by atoms with Crippen molar-refractivity contribution in [2.45, 2.75) is 19.3 Å². The Hall–Kier alpha value is -1.07. The van der Waals surface area contributed by atoms with E-state index in [0.29, 0.717) is 25.8 Å². The van der Waals surface area contributed by atoms with E-state index in [1.54, 1.807) is 7.11 Å². The van der Waals surface area contributed by atoms with Crippen molar-refractivity contribution < 1.29 is 14.6 Å². The molecule has 1 aromatic rings. The molecule has 18 heavy (non-hydrogen) atoms. The van der Waals surface area contributed by atoms with E-state index in [1.165, 1.54) is 0 Å². The van der Waals surface area contributed by atoms with Crippen molar-refractivity contribution in [1.82, 2.24) is 5.32 Å². The molecule has 0 saturated carbocycles. The average Bonchev–Trinajstić information content (AvgIpc) is 2.36. The molecule has 4 nitrogen and oxygen atoms in total. The lowest BCUT2D eigenvalue weighted by Gasteiger charge is -2.09. The zero-order chi connectivity index (χ0) is 13.4. The Morgan fingerprint density at radius 2 is 2.28 bits per heavy atom. The largest absolute Gasteiger partial charge is 0.496 e. The van der Waals surface area contributed by atoms with Crippen LogP contribution in [-0.4, -0.2) is 31.3 Å². The van der Waals surface area contributed by atoms with E-state index in [2.05, 4.69) is 21.2 Å². The molecule has 0 fully saturated rings. The molecule has 5 heteroatoms. The fraction of sp³-hybridized carbons (Fsp3) is 0.462. The first kappa shape index (κ1) is 15.0. The zero-order valence-electron chi connectivity index (χ0n) is 10.4. The minimum absolute atomic E-state index is 0.0296. The van der Waals surface area contributed by atoms with Gasteiger partial charge in [0.15, 0.2) is 0 Å². The van der Waals surface area contributed by atoms with Gasteiger partial charge in [-0.3, -0.25) is 4.79 Å². The van der Waals surface area contributed by atoms with Crippen molar-refractivity contribution >= 4 is 21.8 Å². The van der Waals surface area contributed by atoms with Crippen molar-refractivity contribution in [3.05, 3.63) is 28.2 Å². The predicted octanol–water partition coefficient (Wildman–Crippen LogP) is 1.89. The Balaban J connectivity index is 2.43. The summed E-state index contributed by atoms with van der Waals surface area (Å²) in [4.78, 5) is 11.4. The van der Waals surface area contributed by atoms with Crippen LogP contribution in [0.25, 0.3) is 0 Å². The summed E-state index contributed by atoms with van der Waals surface area (Å²) in [7, 11) is 1.63. The van der Waals surface area contributed by atoms with Gasteiger partial charge in [-0.25, -0.2) is 0 Å². The third-order valence-corrected chi connectivity index (χ3v) is 3.01. The summed E-state index contributed by atoms with van der Waals surface area (Å²) in [5.74, 6) is 0.792.